The molecule has 3 aromatic rings. The standard InChI is InChI=1S/C24H26N2O6S/c1-29-18-8-6-17(7-9-18)22-25-23(24(32-22)26-12-4-2-3-5-13-26)33(27,28)19-10-11-20-21(16-19)31-15-14-30-20/h6-11,16H,2-5,12-15H2,1H3. The van der Waals surface area contributed by atoms with Gasteiger partial charge in [0.15, 0.2) is 11.5 Å². The number of ether oxygens (including phenoxy) is 3. The molecule has 0 saturated carbocycles. The van der Waals surface area contributed by atoms with Crippen molar-refractivity contribution in [1.29, 1.82) is 0 Å². The van der Waals surface area contributed by atoms with Gasteiger partial charge in [-0.05, 0) is 49.2 Å². The summed E-state index contributed by atoms with van der Waals surface area (Å²) in [6, 6.07) is 11.8. The Labute approximate surface area is 193 Å². The molecule has 8 nitrogen and oxygen atoms in total. The molecule has 0 bridgehead atoms. The quantitative estimate of drug-likeness (QED) is 0.544. The van der Waals surface area contributed by atoms with Gasteiger partial charge in [-0.3, -0.25) is 0 Å². The van der Waals surface area contributed by atoms with Crippen LogP contribution in [0.5, 0.6) is 17.2 Å². The predicted octanol–water partition coefficient (Wildman–Crippen LogP) is 4.33. The molecule has 2 aliphatic heterocycles. The summed E-state index contributed by atoms with van der Waals surface area (Å²) in [5.41, 5.74) is 0.676. The number of rotatable bonds is 5. The molecule has 0 unspecified atom stereocenters. The van der Waals surface area contributed by atoms with Gasteiger partial charge in [0.25, 0.3) is 0 Å². The lowest BCUT2D eigenvalue weighted by Gasteiger charge is -2.21. The zero-order valence-corrected chi connectivity index (χ0v) is 19.3. The molecule has 9 heteroatoms. The van der Waals surface area contributed by atoms with E-state index in [9.17, 15) is 8.42 Å². The van der Waals surface area contributed by atoms with Crippen LogP contribution in [0.2, 0.25) is 0 Å². The minimum Gasteiger partial charge on any atom is -0.497 e. The Bertz CT molecular complexity index is 1230. The van der Waals surface area contributed by atoms with Crippen molar-refractivity contribution in [2.24, 2.45) is 0 Å². The maximum atomic E-state index is 13.7. The van der Waals surface area contributed by atoms with E-state index in [0.717, 1.165) is 38.8 Å². The number of sulfone groups is 1. The topological polar surface area (TPSA) is 91.1 Å². The third-order valence-electron chi connectivity index (χ3n) is 5.89. The average Bonchev–Trinajstić information content (AvgIpc) is 3.13. The van der Waals surface area contributed by atoms with Crippen molar-refractivity contribution in [3.05, 3.63) is 42.5 Å². The van der Waals surface area contributed by atoms with Crippen LogP contribution in [0, 0.1) is 0 Å². The van der Waals surface area contributed by atoms with Crippen LogP contribution < -0.4 is 19.1 Å². The number of hydrogen-bond donors (Lipinski definition) is 0. The van der Waals surface area contributed by atoms with Crippen LogP contribution in [0.25, 0.3) is 11.5 Å². The van der Waals surface area contributed by atoms with Gasteiger partial charge in [-0.1, -0.05) is 12.8 Å². The third-order valence-corrected chi connectivity index (χ3v) is 7.54. The Kier molecular flexibility index (Phi) is 5.88. The Morgan fingerprint density at radius 3 is 2.30 bits per heavy atom. The van der Waals surface area contributed by atoms with E-state index in [1.165, 1.54) is 12.1 Å². The molecule has 0 atom stereocenters. The van der Waals surface area contributed by atoms with E-state index >= 15 is 0 Å². The fourth-order valence-corrected chi connectivity index (χ4v) is 5.44. The molecule has 0 N–H and O–H groups in total. The Hall–Kier alpha value is -3.20. The van der Waals surface area contributed by atoms with E-state index in [0.29, 0.717) is 36.0 Å². The van der Waals surface area contributed by atoms with Gasteiger partial charge in [0.1, 0.15) is 19.0 Å². The van der Waals surface area contributed by atoms with E-state index < -0.39 is 9.84 Å². The first-order valence-electron chi connectivity index (χ1n) is 11.1. The number of aromatic nitrogens is 1. The van der Waals surface area contributed by atoms with E-state index in [1.807, 2.05) is 4.90 Å². The van der Waals surface area contributed by atoms with Gasteiger partial charge >= 0.3 is 0 Å². The molecule has 0 aliphatic carbocycles. The molecule has 0 radical (unpaired) electrons. The van der Waals surface area contributed by atoms with E-state index in [2.05, 4.69) is 4.98 Å². The fourth-order valence-electron chi connectivity index (χ4n) is 4.11. The number of oxazole rings is 1. The lowest BCUT2D eigenvalue weighted by atomic mass is 10.2. The SMILES string of the molecule is COc1ccc(-c2nc(S(=O)(=O)c3ccc4c(c3)OCCO4)c(N3CCCCCC3)o2)cc1. The monoisotopic (exact) mass is 470 g/mol. The molecule has 2 aromatic carbocycles. The number of nitrogens with zero attached hydrogens (tertiary/aromatic N) is 2. The highest BCUT2D eigenvalue weighted by atomic mass is 32.2. The summed E-state index contributed by atoms with van der Waals surface area (Å²) in [5.74, 6) is 2.19. The predicted molar refractivity (Wildman–Crippen MR) is 122 cm³/mol. The van der Waals surface area contributed by atoms with Crippen LogP contribution in [0.4, 0.5) is 5.88 Å². The maximum Gasteiger partial charge on any atom is 0.236 e. The van der Waals surface area contributed by atoms with Gasteiger partial charge in [-0.15, -0.1) is 0 Å². The Morgan fingerprint density at radius 1 is 0.909 bits per heavy atom. The minimum absolute atomic E-state index is 0.0769. The molecule has 2 aliphatic rings. The van der Waals surface area contributed by atoms with Crippen molar-refractivity contribution >= 4 is 15.7 Å². The third kappa shape index (κ3) is 4.25. The zero-order valence-electron chi connectivity index (χ0n) is 18.5. The summed E-state index contributed by atoms with van der Waals surface area (Å²) in [5, 5.41) is -0.0769. The van der Waals surface area contributed by atoms with Crippen LogP contribution in [-0.4, -0.2) is 46.8 Å². The van der Waals surface area contributed by atoms with Crippen molar-refractivity contribution < 1.29 is 27.0 Å². The maximum absolute atomic E-state index is 13.7. The largest absolute Gasteiger partial charge is 0.497 e. The molecule has 174 valence electrons. The molecule has 5 rings (SSSR count). The normalized spacial score (nSPS) is 16.3. The average molecular weight is 471 g/mol. The molecule has 1 fully saturated rings. The van der Waals surface area contributed by atoms with E-state index in [4.69, 9.17) is 18.6 Å². The van der Waals surface area contributed by atoms with Crippen LogP contribution >= 0.6 is 0 Å². The number of anilines is 1. The van der Waals surface area contributed by atoms with Gasteiger partial charge in [-0.2, -0.15) is 4.98 Å². The highest BCUT2D eigenvalue weighted by Crippen LogP contribution is 2.39. The van der Waals surface area contributed by atoms with E-state index in [-0.39, 0.29) is 21.7 Å². The molecular weight excluding hydrogens is 444 g/mol. The first kappa shape index (κ1) is 21.6. The molecule has 0 amide bonds. The molecule has 33 heavy (non-hydrogen) atoms. The van der Waals surface area contributed by atoms with Crippen molar-refractivity contribution in [2.75, 3.05) is 38.3 Å². The first-order chi connectivity index (χ1) is 16.1. The summed E-state index contributed by atoms with van der Waals surface area (Å²) in [6.07, 6.45) is 4.17. The van der Waals surface area contributed by atoms with Gasteiger partial charge in [0.05, 0.1) is 12.0 Å². The smallest absolute Gasteiger partial charge is 0.236 e. The first-order valence-corrected chi connectivity index (χ1v) is 12.6. The number of fused-ring (bicyclic) bond motifs is 1. The lowest BCUT2D eigenvalue weighted by molar-refractivity contribution is 0.171. The summed E-state index contributed by atoms with van der Waals surface area (Å²) in [7, 11) is -2.38. The summed E-state index contributed by atoms with van der Waals surface area (Å²) >= 11 is 0. The van der Waals surface area contributed by atoms with Crippen molar-refractivity contribution in [1.82, 2.24) is 4.98 Å². The number of methoxy groups -OCH3 is 1. The van der Waals surface area contributed by atoms with Crippen molar-refractivity contribution in [3.63, 3.8) is 0 Å². The fraction of sp³-hybridized carbons (Fsp3) is 0.375. The van der Waals surface area contributed by atoms with Crippen LogP contribution in [0.3, 0.4) is 0 Å². The lowest BCUT2D eigenvalue weighted by Crippen LogP contribution is -2.25. The molecule has 1 saturated heterocycles. The van der Waals surface area contributed by atoms with E-state index in [1.54, 1.807) is 37.4 Å². The summed E-state index contributed by atoms with van der Waals surface area (Å²) < 4.78 is 50.0. The highest BCUT2D eigenvalue weighted by molar-refractivity contribution is 7.91. The second-order valence-corrected chi connectivity index (χ2v) is 9.93. The van der Waals surface area contributed by atoms with Gasteiger partial charge in [0, 0.05) is 24.7 Å². The molecule has 3 heterocycles. The molecule has 0 spiro atoms. The van der Waals surface area contributed by atoms with Gasteiger partial charge < -0.3 is 23.5 Å². The molecule has 1 aromatic heterocycles. The minimum atomic E-state index is -3.97. The number of hydrogen-bond acceptors (Lipinski definition) is 8. The Balaban J connectivity index is 1.60. The van der Waals surface area contributed by atoms with Gasteiger partial charge in [0.2, 0.25) is 26.6 Å². The number of benzene rings is 2. The van der Waals surface area contributed by atoms with Crippen LogP contribution in [-0.2, 0) is 9.84 Å². The summed E-state index contributed by atoms with van der Waals surface area (Å²) in [6.45, 7) is 2.26. The Morgan fingerprint density at radius 2 is 1.61 bits per heavy atom. The zero-order chi connectivity index (χ0) is 22.8. The van der Waals surface area contributed by atoms with Crippen LogP contribution in [0.1, 0.15) is 25.7 Å². The highest BCUT2D eigenvalue weighted by Gasteiger charge is 2.32. The summed E-state index contributed by atoms with van der Waals surface area (Å²) in [4.78, 5) is 6.59. The van der Waals surface area contributed by atoms with Crippen molar-refractivity contribution in [2.45, 2.75) is 35.6 Å². The van der Waals surface area contributed by atoms with Gasteiger partial charge in [-0.25, -0.2) is 8.42 Å². The second-order valence-electron chi connectivity index (χ2n) is 8.07. The van der Waals surface area contributed by atoms with Crippen LogP contribution in [0.15, 0.2) is 56.8 Å². The second kappa shape index (κ2) is 8.97. The van der Waals surface area contributed by atoms with Crippen molar-refractivity contribution in [3.8, 4) is 28.7 Å². The molecular formula is C24H26N2O6S.